The van der Waals surface area contributed by atoms with Crippen LogP contribution in [-0.4, -0.2) is 25.8 Å². The van der Waals surface area contributed by atoms with Crippen LogP contribution in [0.5, 0.6) is 0 Å². The summed E-state index contributed by atoms with van der Waals surface area (Å²) in [7, 11) is -3.40. The maximum atomic E-state index is 12.7. The van der Waals surface area contributed by atoms with Gasteiger partial charge in [0.2, 0.25) is 10.0 Å². The molecule has 2 N–H and O–H groups in total. The molecule has 0 aliphatic carbocycles. The molecule has 0 spiro atoms. The Kier molecular flexibility index (Phi) is 4.16. The van der Waals surface area contributed by atoms with E-state index in [0.29, 0.717) is 29.6 Å². The molecule has 4 nitrogen and oxygen atoms in total. The van der Waals surface area contributed by atoms with Gasteiger partial charge >= 0.3 is 0 Å². The number of anilines is 1. The molecular formula is C14H22N2O2S. The lowest BCUT2D eigenvalue weighted by atomic mass is 9.97. The highest BCUT2D eigenvalue weighted by Gasteiger charge is 2.30. The first-order valence-corrected chi connectivity index (χ1v) is 8.25. The fraction of sp³-hybridized carbons (Fsp3) is 0.571. The van der Waals surface area contributed by atoms with Crippen molar-refractivity contribution in [2.45, 2.75) is 38.0 Å². The Morgan fingerprint density at radius 1 is 1.42 bits per heavy atom. The molecule has 1 fully saturated rings. The number of hydrogen-bond donors (Lipinski definition) is 1. The molecule has 1 aromatic carbocycles. The smallest absolute Gasteiger partial charge is 0.243 e. The van der Waals surface area contributed by atoms with Gasteiger partial charge in [0.1, 0.15) is 0 Å². The maximum absolute atomic E-state index is 12.7. The van der Waals surface area contributed by atoms with Crippen LogP contribution in [-0.2, 0) is 10.0 Å². The fourth-order valence-corrected chi connectivity index (χ4v) is 4.43. The Morgan fingerprint density at radius 2 is 2.16 bits per heavy atom. The molecule has 1 saturated heterocycles. The Balaban J connectivity index is 2.34. The number of piperidine rings is 1. The highest BCUT2D eigenvalue weighted by Crippen LogP contribution is 2.27. The van der Waals surface area contributed by atoms with Gasteiger partial charge < -0.3 is 5.73 Å². The summed E-state index contributed by atoms with van der Waals surface area (Å²) in [6.45, 7) is 5.18. The third-order valence-electron chi connectivity index (χ3n) is 3.89. The van der Waals surface area contributed by atoms with Gasteiger partial charge in [-0.25, -0.2) is 8.42 Å². The lowest BCUT2D eigenvalue weighted by Gasteiger charge is -2.31. The van der Waals surface area contributed by atoms with Crippen molar-refractivity contribution >= 4 is 15.7 Å². The number of aryl methyl sites for hydroxylation is 1. The minimum Gasteiger partial charge on any atom is -0.399 e. The van der Waals surface area contributed by atoms with E-state index in [1.165, 1.54) is 0 Å². The number of hydrogen-bond acceptors (Lipinski definition) is 3. The summed E-state index contributed by atoms with van der Waals surface area (Å²) in [5.74, 6) is 0.477. The van der Waals surface area contributed by atoms with Crippen molar-refractivity contribution in [3.05, 3.63) is 23.8 Å². The van der Waals surface area contributed by atoms with E-state index in [9.17, 15) is 8.42 Å². The summed E-state index contributed by atoms with van der Waals surface area (Å²) >= 11 is 0. The highest BCUT2D eigenvalue weighted by molar-refractivity contribution is 7.89. The van der Waals surface area contributed by atoms with Gasteiger partial charge in [-0.3, -0.25) is 0 Å². The van der Waals surface area contributed by atoms with Crippen LogP contribution in [0, 0.1) is 12.8 Å². The Bertz CT molecular complexity index is 555. The Hall–Kier alpha value is -1.07. The normalized spacial score (nSPS) is 21.5. The minimum absolute atomic E-state index is 0.351. The zero-order valence-corrected chi connectivity index (χ0v) is 12.4. The van der Waals surface area contributed by atoms with E-state index in [0.717, 1.165) is 24.8 Å². The van der Waals surface area contributed by atoms with Crippen LogP contribution in [0.2, 0.25) is 0 Å². The van der Waals surface area contributed by atoms with Crippen molar-refractivity contribution in [3.8, 4) is 0 Å². The first kappa shape index (κ1) is 14.3. The van der Waals surface area contributed by atoms with Crippen LogP contribution in [0.1, 0.15) is 31.7 Å². The number of nitrogens with zero attached hydrogens (tertiary/aromatic N) is 1. The Labute approximate surface area is 115 Å². The zero-order chi connectivity index (χ0) is 14.0. The SMILES string of the molecule is CCC1CCCN(S(=O)(=O)c2cc(N)ccc2C)C1. The van der Waals surface area contributed by atoms with Gasteiger partial charge in [-0.1, -0.05) is 19.4 Å². The predicted molar refractivity (Wildman–Crippen MR) is 77.4 cm³/mol. The lowest BCUT2D eigenvalue weighted by molar-refractivity contribution is 0.261. The van der Waals surface area contributed by atoms with Gasteiger partial charge in [0.25, 0.3) is 0 Å². The molecule has 106 valence electrons. The molecule has 0 amide bonds. The summed E-state index contributed by atoms with van der Waals surface area (Å²) in [6, 6.07) is 5.07. The summed E-state index contributed by atoms with van der Waals surface area (Å²) in [6.07, 6.45) is 3.10. The third-order valence-corrected chi connectivity index (χ3v) is 5.90. The van der Waals surface area contributed by atoms with Crippen LogP contribution in [0.15, 0.2) is 23.1 Å². The summed E-state index contributed by atoms with van der Waals surface area (Å²) in [5, 5.41) is 0. The second-order valence-electron chi connectivity index (χ2n) is 5.30. The molecule has 1 atom stereocenters. The number of nitrogens with two attached hydrogens (primary N) is 1. The third kappa shape index (κ3) is 2.92. The fourth-order valence-electron chi connectivity index (χ4n) is 2.61. The van der Waals surface area contributed by atoms with Gasteiger partial charge in [-0.15, -0.1) is 0 Å². The van der Waals surface area contributed by atoms with Crippen LogP contribution < -0.4 is 5.73 Å². The predicted octanol–water partition coefficient (Wildman–Crippen LogP) is 2.39. The van der Waals surface area contributed by atoms with Gasteiger partial charge in [0.15, 0.2) is 0 Å². The molecule has 1 aliphatic heterocycles. The van der Waals surface area contributed by atoms with Gasteiger partial charge in [0, 0.05) is 18.8 Å². The summed E-state index contributed by atoms with van der Waals surface area (Å²) in [4.78, 5) is 0.351. The molecule has 1 unspecified atom stereocenters. The van der Waals surface area contributed by atoms with E-state index < -0.39 is 10.0 Å². The monoisotopic (exact) mass is 282 g/mol. The first-order chi connectivity index (χ1) is 8.95. The molecule has 0 aromatic heterocycles. The molecule has 1 aliphatic rings. The molecule has 2 rings (SSSR count). The molecule has 0 bridgehead atoms. The minimum atomic E-state index is -3.40. The van der Waals surface area contributed by atoms with Crippen molar-refractivity contribution in [1.82, 2.24) is 4.31 Å². The molecule has 1 aromatic rings. The van der Waals surface area contributed by atoms with Crippen LogP contribution in [0.25, 0.3) is 0 Å². The van der Waals surface area contributed by atoms with Gasteiger partial charge in [-0.2, -0.15) is 4.31 Å². The van der Waals surface area contributed by atoms with E-state index >= 15 is 0 Å². The zero-order valence-electron chi connectivity index (χ0n) is 11.6. The van der Waals surface area contributed by atoms with Crippen molar-refractivity contribution in [2.24, 2.45) is 5.92 Å². The molecular weight excluding hydrogens is 260 g/mol. The number of nitrogen functional groups attached to an aromatic ring is 1. The number of rotatable bonds is 3. The lowest BCUT2D eigenvalue weighted by Crippen LogP contribution is -2.39. The summed E-state index contributed by atoms with van der Waals surface area (Å²) in [5.41, 5.74) is 6.98. The van der Waals surface area contributed by atoms with Crippen LogP contribution in [0.4, 0.5) is 5.69 Å². The Morgan fingerprint density at radius 3 is 2.84 bits per heavy atom. The number of sulfonamides is 1. The standard InChI is InChI=1S/C14H22N2O2S/c1-3-12-5-4-8-16(10-12)19(17,18)14-9-13(15)7-6-11(14)2/h6-7,9,12H,3-5,8,10,15H2,1-2H3. The second kappa shape index (κ2) is 5.51. The molecule has 19 heavy (non-hydrogen) atoms. The van der Waals surface area contributed by atoms with E-state index in [-0.39, 0.29) is 0 Å². The van der Waals surface area contributed by atoms with Crippen LogP contribution in [0.3, 0.4) is 0 Å². The van der Waals surface area contributed by atoms with Crippen LogP contribution >= 0.6 is 0 Å². The largest absolute Gasteiger partial charge is 0.399 e. The first-order valence-electron chi connectivity index (χ1n) is 6.81. The molecule has 0 radical (unpaired) electrons. The molecule has 0 saturated carbocycles. The van der Waals surface area contributed by atoms with Gasteiger partial charge in [0.05, 0.1) is 4.90 Å². The topological polar surface area (TPSA) is 63.4 Å². The maximum Gasteiger partial charge on any atom is 0.243 e. The van der Waals surface area contributed by atoms with Crippen molar-refractivity contribution in [3.63, 3.8) is 0 Å². The molecule has 5 heteroatoms. The average Bonchev–Trinajstić information content (AvgIpc) is 2.41. The quantitative estimate of drug-likeness (QED) is 0.866. The van der Waals surface area contributed by atoms with Crippen molar-refractivity contribution < 1.29 is 8.42 Å². The van der Waals surface area contributed by atoms with E-state index in [1.807, 2.05) is 6.92 Å². The van der Waals surface area contributed by atoms with Gasteiger partial charge in [-0.05, 0) is 43.4 Å². The highest BCUT2D eigenvalue weighted by atomic mass is 32.2. The van der Waals surface area contributed by atoms with Crippen molar-refractivity contribution in [2.75, 3.05) is 18.8 Å². The molecule has 1 heterocycles. The second-order valence-corrected chi connectivity index (χ2v) is 7.21. The van der Waals surface area contributed by atoms with Crippen molar-refractivity contribution in [1.29, 1.82) is 0 Å². The van der Waals surface area contributed by atoms with E-state index in [2.05, 4.69) is 6.92 Å². The average molecular weight is 282 g/mol. The summed E-state index contributed by atoms with van der Waals surface area (Å²) < 4.78 is 27.0. The van der Waals surface area contributed by atoms with E-state index in [4.69, 9.17) is 5.73 Å². The number of benzene rings is 1. The van der Waals surface area contributed by atoms with E-state index in [1.54, 1.807) is 22.5 Å².